The van der Waals surface area contributed by atoms with Crippen LogP contribution in [0.3, 0.4) is 0 Å². The number of nitrogens with zero attached hydrogens (tertiary/aromatic N) is 2. The second kappa shape index (κ2) is 6.66. The molecular formula is C12H29N2Si+. The van der Waals surface area contributed by atoms with Crippen LogP contribution in [0, 0.1) is 0 Å². The van der Waals surface area contributed by atoms with Gasteiger partial charge in [0.15, 0.2) is 0 Å². The van der Waals surface area contributed by atoms with E-state index >= 15 is 0 Å². The topological polar surface area (TPSA) is 3.24 Å². The van der Waals surface area contributed by atoms with E-state index < -0.39 is 0 Å². The Labute approximate surface area is 98.2 Å². The molecule has 0 saturated carbocycles. The first-order valence-electron chi connectivity index (χ1n) is 6.83. The van der Waals surface area contributed by atoms with Crippen molar-refractivity contribution in [3.63, 3.8) is 0 Å². The lowest BCUT2D eigenvalue weighted by molar-refractivity contribution is -0.825. The van der Waals surface area contributed by atoms with E-state index in [4.69, 9.17) is 0 Å². The fraction of sp³-hybridized carbons (Fsp3) is 1.00. The summed E-state index contributed by atoms with van der Waals surface area (Å²) in [6, 6.07) is 0. The van der Waals surface area contributed by atoms with Crippen molar-refractivity contribution in [3.8, 4) is 0 Å². The quantitative estimate of drug-likeness (QED) is 0.495. The van der Waals surface area contributed by atoms with E-state index in [9.17, 15) is 0 Å². The van der Waals surface area contributed by atoms with Crippen LogP contribution < -0.4 is 0 Å². The molecule has 0 spiro atoms. The molecule has 1 aliphatic rings. The molecular weight excluding hydrogens is 200 g/mol. The van der Waals surface area contributed by atoms with Crippen LogP contribution >= 0.6 is 0 Å². The van der Waals surface area contributed by atoms with Crippen molar-refractivity contribution in [1.82, 2.24) is 4.57 Å². The summed E-state index contributed by atoms with van der Waals surface area (Å²) in [6.07, 6.45) is 5.64. The number of rotatable bonds is 6. The van der Waals surface area contributed by atoms with Gasteiger partial charge in [0.2, 0.25) is 0 Å². The molecule has 15 heavy (non-hydrogen) atoms. The maximum Gasteiger partial charge on any atom is 0.338 e. The monoisotopic (exact) mass is 229 g/mol. The minimum atomic E-state index is -0.0276. The van der Waals surface area contributed by atoms with Crippen molar-refractivity contribution in [1.29, 1.82) is 0 Å². The summed E-state index contributed by atoms with van der Waals surface area (Å²) in [5.74, 6) is 0. The van der Waals surface area contributed by atoms with Gasteiger partial charge in [-0.3, -0.25) is 4.57 Å². The van der Waals surface area contributed by atoms with Crippen LogP contribution in [0.4, 0.5) is 0 Å². The lowest BCUT2D eigenvalue weighted by Crippen LogP contribution is -2.61. The van der Waals surface area contributed by atoms with Crippen molar-refractivity contribution in [2.45, 2.75) is 46.5 Å². The van der Waals surface area contributed by atoms with Gasteiger partial charge in [0.25, 0.3) is 0 Å². The van der Waals surface area contributed by atoms with Crippen LogP contribution in [0.15, 0.2) is 0 Å². The zero-order chi connectivity index (χ0) is 11.1. The van der Waals surface area contributed by atoms with Gasteiger partial charge in [-0.2, -0.15) is 0 Å². The molecule has 0 bridgehead atoms. The first kappa shape index (κ1) is 13.2. The van der Waals surface area contributed by atoms with E-state index in [1.165, 1.54) is 62.6 Å². The smallest absolute Gasteiger partial charge is 0.338 e. The standard InChI is InChI=1S/C12H29N2Si/c1-4-7-8-10-13-11-9-12-14(5-2,6-3)15-13/h4-12,15H2,1-3H3/q+1. The first-order chi connectivity index (χ1) is 7.26. The van der Waals surface area contributed by atoms with Crippen molar-refractivity contribution < 1.29 is 4.15 Å². The molecule has 0 aromatic carbocycles. The summed E-state index contributed by atoms with van der Waals surface area (Å²) in [6.45, 7) is 14.0. The molecule has 0 aromatic heterocycles. The fourth-order valence-corrected chi connectivity index (χ4v) is 5.05. The molecule has 1 saturated heterocycles. The summed E-state index contributed by atoms with van der Waals surface area (Å²) in [5.41, 5.74) is 0. The molecule has 2 nitrogen and oxygen atoms in total. The van der Waals surface area contributed by atoms with Gasteiger partial charge in [0.1, 0.15) is 0 Å². The fourth-order valence-electron chi connectivity index (χ4n) is 2.70. The lowest BCUT2D eigenvalue weighted by atomic mass is 10.2. The first-order valence-corrected chi connectivity index (χ1v) is 8.10. The number of unbranched alkanes of at least 4 members (excludes halogenated alkanes) is 2. The third kappa shape index (κ3) is 3.89. The molecule has 0 unspecified atom stereocenters. The van der Waals surface area contributed by atoms with Crippen molar-refractivity contribution in [3.05, 3.63) is 0 Å². The average Bonchev–Trinajstić information content (AvgIpc) is 2.30. The summed E-state index contributed by atoms with van der Waals surface area (Å²) in [4.78, 5) is 0. The molecule has 1 aliphatic heterocycles. The molecule has 90 valence electrons. The molecule has 0 aliphatic carbocycles. The maximum atomic E-state index is 2.83. The maximum absolute atomic E-state index is 2.83. The Bertz CT molecular complexity index is 169. The molecule has 1 rings (SSSR count). The molecule has 0 aromatic rings. The minimum absolute atomic E-state index is 0.0276. The van der Waals surface area contributed by atoms with E-state index in [0.29, 0.717) is 0 Å². The van der Waals surface area contributed by atoms with Crippen LogP contribution in [0.1, 0.15) is 46.5 Å². The van der Waals surface area contributed by atoms with E-state index in [0.717, 1.165) is 0 Å². The lowest BCUT2D eigenvalue weighted by Gasteiger charge is -2.45. The highest BCUT2D eigenvalue weighted by Crippen LogP contribution is 2.14. The van der Waals surface area contributed by atoms with Crippen LogP contribution in [0.5, 0.6) is 0 Å². The predicted octanol–water partition coefficient (Wildman–Crippen LogP) is 1.74. The third-order valence-corrected chi connectivity index (χ3v) is 6.87. The Morgan fingerprint density at radius 3 is 2.47 bits per heavy atom. The number of hydrogen-bond acceptors (Lipinski definition) is 1. The molecule has 0 amide bonds. The molecule has 0 radical (unpaired) electrons. The van der Waals surface area contributed by atoms with E-state index in [2.05, 4.69) is 25.3 Å². The van der Waals surface area contributed by atoms with Crippen LogP contribution in [0.2, 0.25) is 0 Å². The summed E-state index contributed by atoms with van der Waals surface area (Å²) in [7, 11) is -0.0276. The Morgan fingerprint density at radius 2 is 1.87 bits per heavy atom. The Hall–Kier alpha value is 0.137. The molecule has 0 atom stereocenters. The predicted molar refractivity (Wildman–Crippen MR) is 70.5 cm³/mol. The van der Waals surface area contributed by atoms with E-state index in [1.807, 2.05) is 0 Å². The van der Waals surface area contributed by atoms with Crippen LogP contribution in [0.25, 0.3) is 0 Å². The molecule has 1 fully saturated rings. The van der Waals surface area contributed by atoms with Crippen molar-refractivity contribution in [2.24, 2.45) is 0 Å². The van der Waals surface area contributed by atoms with Crippen molar-refractivity contribution >= 4 is 9.84 Å². The summed E-state index contributed by atoms with van der Waals surface area (Å²) in [5, 5.41) is 0. The Kier molecular flexibility index (Phi) is 5.86. The summed E-state index contributed by atoms with van der Waals surface area (Å²) < 4.78 is 4.29. The molecule has 1 heterocycles. The van der Waals surface area contributed by atoms with Gasteiger partial charge in [-0.05, 0) is 26.8 Å². The largest absolute Gasteiger partial charge is 0.376 e. The highest BCUT2D eigenvalue weighted by Gasteiger charge is 2.30. The van der Waals surface area contributed by atoms with Crippen LogP contribution in [-0.4, -0.2) is 51.3 Å². The summed E-state index contributed by atoms with van der Waals surface area (Å²) >= 11 is 0. The highest BCUT2D eigenvalue weighted by molar-refractivity contribution is 6.22. The van der Waals surface area contributed by atoms with E-state index in [1.54, 1.807) is 0 Å². The molecule has 3 heteroatoms. The number of quaternary nitrogens is 1. The second-order valence-corrected chi connectivity index (χ2v) is 7.54. The highest BCUT2D eigenvalue weighted by atomic mass is 28.2. The number of hydrogen-bond donors (Lipinski definition) is 0. The Balaban J connectivity index is 2.34. The second-order valence-electron chi connectivity index (χ2n) is 5.02. The van der Waals surface area contributed by atoms with Gasteiger partial charge in [-0.1, -0.05) is 19.8 Å². The van der Waals surface area contributed by atoms with Gasteiger partial charge in [0, 0.05) is 13.0 Å². The zero-order valence-electron chi connectivity index (χ0n) is 11.0. The minimum Gasteiger partial charge on any atom is -0.376 e. The van der Waals surface area contributed by atoms with Crippen molar-refractivity contribution in [2.75, 3.05) is 32.7 Å². The average molecular weight is 229 g/mol. The van der Waals surface area contributed by atoms with Gasteiger partial charge >= 0.3 is 9.84 Å². The van der Waals surface area contributed by atoms with E-state index in [-0.39, 0.29) is 9.84 Å². The molecule has 0 N–H and O–H groups in total. The van der Waals surface area contributed by atoms with Gasteiger partial charge in [-0.15, -0.1) is 0 Å². The normalized spacial score (nSPS) is 23.4. The van der Waals surface area contributed by atoms with Gasteiger partial charge in [-0.25, -0.2) is 0 Å². The zero-order valence-corrected chi connectivity index (χ0v) is 12.4. The Morgan fingerprint density at radius 1 is 1.13 bits per heavy atom. The van der Waals surface area contributed by atoms with Gasteiger partial charge in [0.05, 0.1) is 19.6 Å². The SMILES string of the molecule is CCCCCN1CCC[N+](CC)(CC)[SiH2]1. The third-order valence-electron chi connectivity index (χ3n) is 4.03. The van der Waals surface area contributed by atoms with Crippen LogP contribution in [-0.2, 0) is 0 Å². The van der Waals surface area contributed by atoms with Gasteiger partial charge < -0.3 is 4.15 Å².